The zero-order valence-corrected chi connectivity index (χ0v) is 13.1. The van der Waals surface area contributed by atoms with E-state index in [9.17, 15) is 4.39 Å². The Kier molecular flexibility index (Phi) is 5.60. The molecule has 0 saturated heterocycles. The summed E-state index contributed by atoms with van der Waals surface area (Å²) >= 11 is 3.28. The summed E-state index contributed by atoms with van der Waals surface area (Å²) in [7, 11) is 0. The van der Waals surface area contributed by atoms with E-state index >= 15 is 0 Å². The van der Waals surface area contributed by atoms with Crippen LogP contribution >= 0.6 is 15.9 Å². The molecular formula is C17H18BrFO. The van der Waals surface area contributed by atoms with Crippen LogP contribution in [-0.2, 0) is 13.0 Å². The lowest BCUT2D eigenvalue weighted by Gasteiger charge is -2.08. The average molecular weight is 337 g/mol. The maximum absolute atomic E-state index is 13.2. The van der Waals surface area contributed by atoms with Gasteiger partial charge in [-0.3, -0.25) is 0 Å². The van der Waals surface area contributed by atoms with Gasteiger partial charge in [-0.1, -0.05) is 41.4 Å². The second-order valence-electron chi connectivity index (χ2n) is 4.81. The smallest absolute Gasteiger partial charge is 0.124 e. The van der Waals surface area contributed by atoms with Gasteiger partial charge in [0.05, 0.1) is 0 Å². The zero-order valence-electron chi connectivity index (χ0n) is 11.5. The number of unbranched alkanes of at least 4 members (excludes halogenated alkanes) is 1. The van der Waals surface area contributed by atoms with Crippen LogP contribution in [0.1, 0.15) is 30.9 Å². The van der Waals surface area contributed by atoms with E-state index in [0.717, 1.165) is 22.2 Å². The summed E-state index contributed by atoms with van der Waals surface area (Å²) < 4.78 is 19.6. The number of rotatable bonds is 6. The van der Waals surface area contributed by atoms with Gasteiger partial charge >= 0.3 is 0 Å². The molecule has 1 nitrogen and oxygen atoms in total. The van der Waals surface area contributed by atoms with Crippen molar-refractivity contribution < 1.29 is 9.13 Å². The number of hydrogen-bond acceptors (Lipinski definition) is 1. The fourth-order valence-electron chi connectivity index (χ4n) is 1.99. The molecule has 0 amide bonds. The molecule has 3 heteroatoms. The standard InChI is InChI=1S/C17H18BrFO/c1-2-3-4-13-5-7-17(8-6-13)20-12-14-9-15(18)11-16(19)10-14/h5-11H,2-4,12H2,1H3. The van der Waals surface area contributed by atoms with Crippen molar-refractivity contribution in [3.05, 3.63) is 63.9 Å². The van der Waals surface area contributed by atoms with Crippen LogP contribution in [0.5, 0.6) is 5.75 Å². The Balaban J connectivity index is 1.93. The highest BCUT2D eigenvalue weighted by Gasteiger charge is 2.01. The highest BCUT2D eigenvalue weighted by Crippen LogP contribution is 2.18. The third-order valence-corrected chi connectivity index (χ3v) is 3.53. The fourth-order valence-corrected chi connectivity index (χ4v) is 2.51. The summed E-state index contributed by atoms with van der Waals surface area (Å²) in [6, 6.07) is 12.9. The van der Waals surface area contributed by atoms with Crippen molar-refractivity contribution in [3.63, 3.8) is 0 Å². The predicted molar refractivity (Wildman–Crippen MR) is 83.5 cm³/mol. The zero-order chi connectivity index (χ0) is 14.4. The third kappa shape index (κ3) is 4.64. The molecule has 2 aromatic carbocycles. The van der Waals surface area contributed by atoms with Gasteiger partial charge in [-0.05, 0) is 54.3 Å². The van der Waals surface area contributed by atoms with Gasteiger partial charge in [-0.2, -0.15) is 0 Å². The SMILES string of the molecule is CCCCc1ccc(OCc2cc(F)cc(Br)c2)cc1. The van der Waals surface area contributed by atoms with Gasteiger partial charge in [0.15, 0.2) is 0 Å². The van der Waals surface area contributed by atoms with Gasteiger partial charge in [0.25, 0.3) is 0 Å². The molecule has 0 aliphatic heterocycles. The lowest BCUT2D eigenvalue weighted by atomic mass is 10.1. The molecule has 0 unspecified atom stereocenters. The molecule has 0 radical (unpaired) electrons. The van der Waals surface area contributed by atoms with Crippen molar-refractivity contribution >= 4 is 15.9 Å². The number of ether oxygens (including phenoxy) is 1. The van der Waals surface area contributed by atoms with E-state index in [1.54, 1.807) is 0 Å². The molecule has 0 spiro atoms. The van der Waals surface area contributed by atoms with Crippen molar-refractivity contribution in [3.8, 4) is 5.75 Å². The molecule has 0 aliphatic rings. The lowest BCUT2D eigenvalue weighted by molar-refractivity contribution is 0.305. The maximum atomic E-state index is 13.2. The van der Waals surface area contributed by atoms with E-state index in [4.69, 9.17) is 4.74 Å². The minimum absolute atomic E-state index is 0.257. The lowest BCUT2D eigenvalue weighted by Crippen LogP contribution is -1.96. The minimum Gasteiger partial charge on any atom is -0.489 e. The molecule has 0 saturated carbocycles. The van der Waals surface area contributed by atoms with E-state index < -0.39 is 0 Å². The second kappa shape index (κ2) is 7.44. The van der Waals surface area contributed by atoms with Crippen molar-refractivity contribution in [2.24, 2.45) is 0 Å². The molecule has 20 heavy (non-hydrogen) atoms. The van der Waals surface area contributed by atoms with Gasteiger partial charge in [0.1, 0.15) is 18.2 Å². The van der Waals surface area contributed by atoms with E-state index in [1.807, 2.05) is 18.2 Å². The Bertz CT molecular complexity index is 531. The van der Waals surface area contributed by atoms with E-state index in [1.165, 1.54) is 30.5 Å². The van der Waals surface area contributed by atoms with Crippen LogP contribution in [0, 0.1) is 5.82 Å². The highest BCUT2D eigenvalue weighted by atomic mass is 79.9. The van der Waals surface area contributed by atoms with E-state index in [-0.39, 0.29) is 5.82 Å². The van der Waals surface area contributed by atoms with Crippen molar-refractivity contribution in [1.82, 2.24) is 0 Å². The number of hydrogen-bond donors (Lipinski definition) is 0. The summed E-state index contributed by atoms with van der Waals surface area (Å²) in [5.41, 5.74) is 2.14. The number of aryl methyl sites for hydroxylation is 1. The van der Waals surface area contributed by atoms with Crippen molar-refractivity contribution in [2.45, 2.75) is 32.8 Å². The van der Waals surface area contributed by atoms with Crippen LogP contribution in [0.3, 0.4) is 0 Å². The Morgan fingerprint density at radius 3 is 2.45 bits per heavy atom. The van der Waals surface area contributed by atoms with E-state index in [2.05, 4.69) is 35.0 Å². The minimum atomic E-state index is -0.257. The van der Waals surface area contributed by atoms with Crippen LogP contribution in [0.2, 0.25) is 0 Å². The van der Waals surface area contributed by atoms with E-state index in [0.29, 0.717) is 6.61 Å². The van der Waals surface area contributed by atoms with Crippen LogP contribution in [0.15, 0.2) is 46.9 Å². The topological polar surface area (TPSA) is 9.23 Å². The fraction of sp³-hybridized carbons (Fsp3) is 0.294. The summed E-state index contributed by atoms with van der Waals surface area (Å²) in [5, 5.41) is 0. The van der Waals surface area contributed by atoms with Crippen molar-refractivity contribution in [2.75, 3.05) is 0 Å². The highest BCUT2D eigenvalue weighted by molar-refractivity contribution is 9.10. The molecule has 0 atom stereocenters. The second-order valence-corrected chi connectivity index (χ2v) is 5.73. The first-order valence-corrected chi connectivity index (χ1v) is 7.63. The first-order valence-electron chi connectivity index (χ1n) is 6.84. The van der Waals surface area contributed by atoms with Gasteiger partial charge in [0, 0.05) is 4.47 Å². The number of halogens is 2. The van der Waals surface area contributed by atoms with Crippen LogP contribution in [-0.4, -0.2) is 0 Å². The van der Waals surface area contributed by atoms with Crippen molar-refractivity contribution in [1.29, 1.82) is 0 Å². The molecule has 0 bridgehead atoms. The Morgan fingerprint density at radius 1 is 1.05 bits per heavy atom. The molecule has 0 aliphatic carbocycles. The van der Waals surface area contributed by atoms with Gasteiger partial charge in [-0.15, -0.1) is 0 Å². The Hall–Kier alpha value is -1.35. The van der Waals surface area contributed by atoms with Gasteiger partial charge < -0.3 is 4.74 Å². The molecular weight excluding hydrogens is 319 g/mol. The quantitative estimate of drug-likeness (QED) is 0.675. The van der Waals surface area contributed by atoms with Gasteiger partial charge in [-0.25, -0.2) is 4.39 Å². The molecule has 0 fully saturated rings. The Morgan fingerprint density at radius 2 is 1.80 bits per heavy atom. The number of benzene rings is 2. The Labute approximate surface area is 127 Å². The normalized spacial score (nSPS) is 10.6. The molecule has 0 aromatic heterocycles. The van der Waals surface area contributed by atoms with Crippen LogP contribution < -0.4 is 4.74 Å². The predicted octanol–water partition coefficient (Wildman–Crippen LogP) is 5.51. The first-order chi connectivity index (χ1) is 9.67. The summed E-state index contributed by atoms with van der Waals surface area (Å²) in [4.78, 5) is 0. The molecule has 2 aromatic rings. The molecule has 106 valence electrons. The van der Waals surface area contributed by atoms with Gasteiger partial charge in [0.2, 0.25) is 0 Å². The molecule has 2 rings (SSSR count). The molecule has 0 N–H and O–H groups in total. The molecule has 0 heterocycles. The summed E-state index contributed by atoms with van der Waals surface area (Å²) in [6.45, 7) is 2.55. The average Bonchev–Trinajstić information content (AvgIpc) is 2.43. The third-order valence-electron chi connectivity index (χ3n) is 3.07. The monoisotopic (exact) mass is 336 g/mol. The maximum Gasteiger partial charge on any atom is 0.124 e. The summed E-state index contributed by atoms with van der Waals surface area (Å²) in [6.07, 6.45) is 3.51. The van der Waals surface area contributed by atoms with Crippen LogP contribution in [0.25, 0.3) is 0 Å². The first kappa shape index (κ1) is 15.0. The summed E-state index contributed by atoms with van der Waals surface area (Å²) in [5.74, 6) is 0.554. The largest absolute Gasteiger partial charge is 0.489 e. The van der Waals surface area contributed by atoms with Crippen LogP contribution in [0.4, 0.5) is 4.39 Å².